The standard InChI is InChI=1S/C10H17N3/c11-4-1-5-13(9-2-3-9)10-6-8(12)7-10/h8-10H,1-3,5-7,12H2. The molecule has 0 heterocycles. The summed E-state index contributed by atoms with van der Waals surface area (Å²) in [5.74, 6) is 0. The Kier molecular flexibility index (Phi) is 2.52. The SMILES string of the molecule is N#CCCN(C1CC1)C1CC(N)C1. The number of rotatable bonds is 4. The summed E-state index contributed by atoms with van der Waals surface area (Å²) in [6, 6.07) is 4.12. The van der Waals surface area contributed by atoms with Crippen molar-refractivity contribution in [2.45, 2.75) is 50.2 Å². The Morgan fingerprint density at radius 2 is 2.00 bits per heavy atom. The van der Waals surface area contributed by atoms with Crippen LogP contribution in [0.15, 0.2) is 0 Å². The van der Waals surface area contributed by atoms with E-state index in [9.17, 15) is 0 Å². The van der Waals surface area contributed by atoms with Gasteiger partial charge in [-0.2, -0.15) is 5.26 Å². The third kappa shape index (κ3) is 2.01. The Morgan fingerprint density at radius 1 is 1.31 bits per heavy atom. The number of nitrogens with two attached hydrogens (primary N) is 1. The molecular formula is C10H17N3. The maximum absolute atomic E-state index is 8.54. The Balaban J connectivity index is 1.80. The summed E-state index contributed by atoms with van der Waals surface area (Å²) in [7, 11) is 0. The van der Waals surface area contributed by atoms with E-state index in [1.807, 2.05) is 0 Å². The Hall–Kier alpha value is -0.590. The van der Waals surface area contributed by atoms with Crippen molar-refractivity contribution in [1.82, 2.24) is 4.90 Å². The van der Waals surface area contributed by atoms with Crippen LogP contribution in [0, 0.1) is 11.3 Å². The molecule has 0 atom stereocenters. The number of hydrogen-bond donors (Lipinski definition) is 1. The average Bonchev–Trinajstić information content (AvgIpc) is 2.85. The van der Waals surface area contributed by atoms with Crippen molar-refractivity contribution in [3.05, 3.63) is 0 Å². The van der Waals surface area contributed by atoms with Crippen molar-refractivity contribution < 1.29 is 0 Å². The largest absolute Gasteiger partial charge is 0.328 e. The highest BCUT2D eigenvalue weighted by Crippen LogP contribution is 2.34. The van der Waals surface area contributed by atoms with Gasteiger partial charge in [-0.1, -0.05) is 0 Å². The van der Waals surface area contributed by atoms with E-state index in [0.29, 0.717) is 18.5 Å². The monoisotopic (exact) mass is 179 g/mol. The summed E-state index contributed by atoms with van der Waals surface area (Å²) in [5, 5.41) is 8.54. The second-order valence-electron chi connectivity index (χ2n) is 4.26. The van der Waals surface area contributed by atoms with Gasteiger partial charge < -0.3 is 5.73 Å². The van der Waals surface area contributed by atoms with Crippen LogP contribution in [0.2, 0.25) is 0 Å². The molecule has 0 radical (unpaired) electrons. The first kappa shape index (κ1) is 8.98. The van der Waals surface area contributed by atoms with E-state index in [0.717, 1.165) is 25.4 Å². The van der Waals surface area contributed by atoms with Crippen molar-refractivity contribution in [2.24, 2.45) is 5.73 Å². The summed E-state index contributed by atoms with van der Waals surface area (Å²) in [6.07, 6.45) is 5.61. The summed E-state index contributed by atoms with van der Waals surface area (Å²) in [6.45, 7) is 0.957. The van der Waals surface area contributed by atoms with Crippen LogP contribution in [-0.4, -0.2) is 29.6 Å². The van der Waals surface area contributed by atoms with Gasteiger partial charge in [-0.25, -0.2) is 0 Å². The fraction of sp³-hybridized carbons (Fsp3) is 0.900. The van der Waals surface area contributed by atoms with E-state index in [-0.39, 0.29) is 0 Å². The minimum absolute atomic E-state index is 0.424. The van der Waals surface area contributed by atoms with Gasteiger partial charge in [0.05, 0.1) is 6.07 Å². The molecule has 0 aromatic rings. The molecule has 2 fully saturated rings. The number of hydrogen-bond acceptors (Lipinski definition) is 3. The summed E-state index contributed by atoms with van der Waals surface area (Å²) < 4.78 is 0. The molecule has 0 aromatic heterocycles. The fourth-order valence-corrected chi connectivity index (χ4v) is 2.15. The summed E-state index contributed by atoms with van der Waals surface area (Å²) >= 11 is 0. The van der Waals surface area contributed by atoms with Crippen LogP contribution in [0.1, 0.15) is 32.1 Å². The molecule has 0 bridgehead atoms. The van der Waals surface area contributed by atoms with Gasteiger partial charge in [0.2, 0.25) is 0 Å². The van der Waals surface area contributed by atoms with Gasteiger partial charge in [0.15, 0.2) is 0 Å². The van der Waals surface area contributed by atoms with E-state index in [1.165, 1.54) is 12.8 Å². The highest BCUT2D eigenvalue weighted by Gasteiger charge is 2.38. The van der Waals surface area contributed by atoms with E-state index in [1.54, 1.807) is 0 Å². The van der Waals surface area contributed by atoms with E-state index in [2.05, 4.69) is 11.0 Å². The molecule has 13 heavy (non-hydrogen) atoms. The molecule has 0 spiro atoms. The number of nitrogens with zero attached hydrogens (tertiary/aromatic N) is 2. The maximum atomic E-state index is 8.54. The molecule has 3 heteroatoms. The molecule has 2 aliphatic rings. The molecule has 72 valence electrons. The zero-order valence-corrected chi connectivity index (χ0v) is 7.95. The normalized spacial score (nSPS) is 32.7. The second kappa shape index (κ2) is 3.65. The van der Waals surface area contributed by atoms with Crippen LogP contribution in [0.5, 0.6) is 0 Å². The Labute approximate surface area is 79.5 Å². The smallest absolute Gasteiger partial charge is 0.0635 e. The van der Waals surface area contributed by atoms with Crippen LogP contribution in [0.25, 0.3) is 0 Å². The molecule has 0 saturated heterocycles. The molecular weight excluding hydrogens is 162 g/mol. The zero-order valence-electron chi connectivity index (χ0n) is 7.95. The first-order chi connectivity index (χ1) is 6.31. The van der Waals surface area contributed by atoms with Gasteiger partial charge in [0, 0.05) is 31.1 Å². The van der Waals surface area contributed by atoms with Crippen molar-refractivity contribution in [3.8, 4) is 6.07 Å². The molecule has 0 amide bonds. The van der Waals surface area contributed by atoms with Gasteiger partial charge in [-0.3, -0.25) is 4.90 Å². The lowest BCUT2D eigenvalue weighted by atomic mass is 9.86. The first-order valence-electron chi connectivity index (χ1n) is 5.19. The molecule has 3 nitrogen and oxygen atoms in total. The van der Waals surface area contributed by atoms with Crippen LogP contribution in [-0.2, 0) is 0 Å². The van der Waals surface area contributed by atoms with Gasteiger partial charge in [0.1, 0.15) is 0 Å². The predicted octanol–water partition coefficient (Wildman–Crippen LogP) is 0.854. The van der Waals surface area contributed by atoms with Crippen LogP contribution in [0.4, 0.5) is 0 Å². The maximum Gasteiger partial charge on any atom is 0.0635 e. The van der Waals surface area contributed by atoms with Crippen molar-refractivity contribution >= 4 is 0 Å². The lowest BCUT2D eigenvalue weighted by molar-refractivity contribution is 0.105. The minimum atomic E-state index is 0.424. The molecule has 2 rings (SSSR count). The molecule has 2 aliphatic carbocycles. The summed E-state index contributed by atoms with van der Waals surface area (Å²) in [5.41, 5.74) is 5.76. The lowest BCUT2D eigenvalue weighted by Gasteiger charge is -2.41. The van der Waals surface area contributed by atoms with Crippen molar-refractivity contribution in [1.29, 1.82) is 5.26 Å². The molecule has 0 aromatic carbocycles. The lowest BCUT2D eigenvalue weighted by Crippen LogP contribution is -2.51. The van der Waals surface area contributed by atoms with Gasteiger partial charge in [-0.15, -0.1) is 0 Å². The van der Waals surface area contributed by atoms with Crippen LogP contribution >= 0.6 is 0 Å². The highest BCUT2D eigenvalue weighted by atomic mass is 15.2. The fourth-order valence-electron chi connectivity index (χ4n) is 2.15. The summed E-state index contributed by atoms with van der Waals surface area (Å²) in [4.78, 5) is 2.51. The van der Waals surface area contributed by atoms with Gasteiger partial charge in [0.25, 0.3) is 0 Å². The van der Waals surface area contributed by atoms with Gasteiger partial charge >= 0.3 is 0 Å². The minimum Gasteiger partial charge on any atom is -0.328 e. The first-order valence-corrected chi connectivity index (χ1v) is 5.19. The third-order valence-corrected chi connectivity index (χ3v) is 3.12. The molecule has 2 N–H and O–H groups in total. The van der Waals surface area contributed by atoms with E-state index >= 15 is 0 Å². The average molecular weight is 179 g/mol. The van der Waals surface area contributed by atoms with E-state index < -0.39 is 0 Å². The zero-order chi connectivity index (χ0) is 9.26. The number of nitriles is 1. The van der Waals surface area contributed by atoms with Crippen LogP contribution in [0.3, 0.4) is 0 Å². The topological polar surface area (TPSA) is 53.0 Å². The van der Waals surface area contributed by atoms with Crippen LogP contribution < -0.4 is 5.73 Å². The Bertz CT molecular complexity index is 211. The van der Waals surface area contributed by atoms with Crippen molar-refractivity contribution in [3.63, 3.8) is 0 Å². The van der Waals surface area contributed by atoms with Crippen molar-refractivity contribution in [2.75, 3.05) is 6.54 Å². The molecule has 0 unspecified atom stereocenters. The van der Waals surface area contributed by atoms with Gasteiger partial charge in [-0.05, 0) is 25.7 Å². The Morgan fingerprint density at radius 3 is 2.46 bits per heavy atom. The quantitative estimate of drug-likeness (QED) is 0.696. The van der Waals surface area contributed by atoms with E-state index in [4.69, 9.17) is 11.0 Å². The molecule has 0 aliphatic heterocycles. The second-order valence-corrected chi connectivity index (χ2v) is 4.26. The third-order valence-electron chi connectivity index (χ3n) is 3.12. The molecule has 2 saturated carbocycles. The predicted molar refractivity (Wildman–Crippen MR) is 51.0 cm³/mol. The highest BCUT2D eigenvalue weighted by molar-refractivity contribution is 4.97.